The minimum absolute atomic E-state index is 0.170. The molecule has 1 unspecified atom stereocenters. The number of hydrogen-bond acceptors (Lipinski definition) is 4. The first-order valence-electron chi connectivity index (χ1n) is 7.12. The molecule has 4 nitrogen and oxygen atoms in total. The molecular weight excluding hydrogens is 328 g/mol. The smallest absolute Gasteiger partial charge is 0.319 e. The normalized spacial score (nSPS) is 11.9. The number of aliphatic hydroxyl groups excluding tert-OH is 1. The van der Waals surface area contributed by atoms with Gasteiger partial charge < -0.3 is 15.7 Å². The lowest BCUT2D eigenvalue weighted by atomic mass is 10.1. The summed E-state index contributed by atoms with van der Waals surface area (Å²) in [6.45, 7) is 0.170. The van der Waals surface area contributed by atoms with Crippen LogP contribution in [0.15, 0.2) is 58.6 Å². The van der Waals surface area contributed by atoms with Crippen LogP contribution in [0, 0.1) is 0 Å². The highest BCUT2D eigenvalue weighted by Crippen LogP contribution is 2.31. The van der Waals surface area contributed by atoms with Gasteiger partial charge in [-0.15, -0.1) is 11.3 Å². The Bertz CT molecular complexity index is 755. The second-order valence-electron chi connectivity index (χ2n) is 4.93. The van der Waals surface area contributed by atoms with Crippen LogP contribution in [0.1, 0.15) is 11.7 Å². The summed E-state index contributed by atoms with van der Waals surface area (Å²) in [7, 11) is 0. The summed E-state index contributed by atoms with van der Waals surface area (Å²) >= 11 is 3.14. The van der Waals surface area contributed by atoms with Crippen LogP contribution in [0.3, 0.4) is 0 Å². The molecule has 3 N–H and O–H groups in total. The van der Waals surface area contributed by atoms with E-state index in [4.69, 9.17) is 0 Å². The van der Waals surface area contributed by atoms with Crippen LogP contribution in [0.2, 0.25) is 0 Å². The van der Waals surface area contributed by atoms with Crippen LogP contribution in [0.4, 0.5) is 10.5 Å². The molecule has 0 fully saturated rings. The highest BCUT2D eigenvalue weighted by Gasteiger charge is 2.12. The lowest BCUT2D eigenvalue weighted by Crippen LogP contribution is -2.32. The van der Waals surface area contributed by atoms with Gasteiger partial charge in [0, 0.05) is 17.0 Å². The van der Waals surface area contributed by atoms with Crippen molar-refractivity contribution in [3.63, 3.8) is 0 Å². The zero-order valence-corrected chi connectivity index (χ0v) is 13.9. The average molecular weight is 344 g/mol. The Morgan fingerprint density at radius 1 is 1.13 bits per heavy atom. The number of anilines is 1. The van der Waals surface area contributed by atoms with E-state index >= 15 is 0 Å². The second-order valence-corrected chi connectivity index (χ2v) is 6.66. The number of para-hydroxylation sites is 1. The standard InChI is InChI=1S/C17H16N2O2S2/c20-15(12-7-9-22-11-12)10-18-17(21)19-14-5-2-1-4-13(14)16-6-3-8-23-16/h1-9,11,15,20H,10H2,(H2,18,19,21). The highest BCUT2D eigenvalue weighted by molar-refractivity contribution is 7.13. The Morgan fingerprint density at radius 2 is 2.00 bits per heavy atom. The molecule has 0 radical (unpaired) electrons. The first-order chi connectivity index (χ1) is 11.2. The molecule has 0 aliphatic carbocycles. The van der Waals surface area contributed by atoms with Gasteiger partial charge >= 0.3 is 6.03 Å². The van der Waals surface area contributed by atoms with E-state index < -0.39 is 6.10 Å². The molecule has 0 aliphatic heterocycles. The van der Waals surface area contributed by atoms with Crippen molar-refractivity contribution in [2.75, 3.05) is 11.9 Å². The van der Waals surface area contributed by atoms with Crippen molar-refractivity contribution in [1.82, 2.24) is 5.32 Å². The molecule has 3 aromatic rings. The van der Waals surface area contributed by atoms with Gasteiger partial charge in [0.15, 0.2) is 0 Å². The SMILES string of the molecule is O=C(NCC(O)c1ccsc1)Nc1ccccc1-c1cccs1. The third-order valence-electron chi connectivity index (χ3n) is 3.35. The Labute approximate surface area is 142 Å². The molecule has 2 amide bonds. The molecule has 2 heterocycles. The number of urea groups is 1. The number of carbonyl (C=O) groups is 1. The number of hydrogen-bond donors (Lipinski definition) is 3. The first-order valence-corrected chi connectivity index (χ1v) is 8.94. The van der Waals surface area contributed by atoms with E-state index in [0.29, 0.717) is 0 Å². The maximum absolute atomic E-state index is 12.1. The Kier molecular flexibility index (Phi) is 5.07. The molecule has 2 aromatic heterocycles. The summed E-state index contributed by atoms with van der Waals surface area (Å²) < 4.78 is 0. The Morgan fingerprint density at radius 3 is 2.74 bits per heavy atom. The summed E-state index contributed by atoms with van der Waals surface area (Å²) in [6, 6.07) is 13.2. The number of carbonyl (C=O) groups excluding carboxylic acids is 1. The zero-order valence-electron chi connectivity index (χ0n) is 12.2. The molecule has 0 bridgehead atoms. The topological polar surface area (TPSA) is 61.4 Å². The van der Waals surface area contributed by atoms with Gasteiger partial charge in [-0.25, -0.2) is 4.79 Å². The van der Waals surface area contributed by atoms with Crippen molar-refractivity contribution in [2.24, 2.45) is 0 Å². The van der Waals surface area contributed by atoms with Crippen LogP contribution in [0.25, 0.3) is 10.4 Å². The second kappa shape index (κ2) is 7.41. The Balaban J connectivity index is 1.62. The van der Waals surface area contributed by atoms with Crippen molar-refractivity contribution in [3.05, 3.63) is 64.2 Å². The fraction of sp³-hybridized carbons (Fsp3) is 0.118. The molecule has 1 atom stereocenters. The monoisotopic (exact) mass is 344 g/mol. The quantitative estimate of drug-likeness (QED) is 0.645. The van der Waals surface area contributed by atoms with E-state index in [1.807, 2.05) is 58.6 Å². The van der Waals surface area contributed by atoms with Crippen molar-refractivity contribution in [1.29, 1.82) is 0 Å². The molecule has 6 heteroatoms. The number of rotatable bonds is 5. The predicted molar refractivity (Wildman–Crippen MR) is 96.1 cm³/mol. The van der Waals surface area contributed by atoms with Crippen molar-refractivity contribution in [3.8, 4) is 10.4 Å². The molecule has 0 aliphatic rings. The molecule has 0 spiro atoms. The van der Waals surface area contributed by atoms with Crippen molar-refractivity contribution >= 4 is 34.4 Å². The summed E-state index contributed by atoms with van der Waals surface area (Å²) in [6.07, 6.45) is -0.695. The minimum Gasteiger partial charge on any atom is -0.387 e. The molecule has 23 heavy (non-hydrogen) atoms. The van der Waals surface area contributed by atoms with Crippen LogP contribution >= 0.6 is 22.7 Å². The van der Waals surface area contributed by atoms with E-state index in [1.54, 1.807) is 11.3 Å². The largest absolute Gasteiger partial charge is 0.387 e. The van der Waals surface area contributed by atoms with Gasteiger partial charge in [0.25, 0.3) is 0 Å². The number of nitrogens with one attached hydrogen (secondary N) is 2. The lowest BCUT2D eigenvalue weighted by Gasteiger charge is -2.13. The van der Waals surface area contributed by atoms with E-state index in [-0.39, 0.29) is 12.6 Å². The van der Waals surface area contributed by atoms with Gasteiger partial charge in [-0.2, -0.15) is 11.3 Å². The maximum atomic E-state index is 12.1. The van der Waals surface area contributed by atoms with Gasteiger partial charge in [-0.1, -0.05) is 24.3 Å². The molecular formula is C17H16N2O2S2. The van der Waals surface area contributed by atoms with Crippen molar-refractivity contribution in [2.45, 2.75) is 6.10 Å². The summed E-state index contributed by atoms with van der Waals surface area (Å²) in [5.74, 6) is 0. The first kappa shape index (κ1) is 15.7. The van der Waals surface area contributed by atoms with Crippen LogP contribution in [0.5, 0.6) is 0 Å². The molecule has 118 valence electrons. The molecule has 0 saturated heterocycles. The summed E-state index contributed by atoms with van der Waals surface area (Å²) in [5.41, 5.74) is 2.54. The molecule has 3 rings (SSSR count). The van der Waals surface area contributed by atoms with Gasteiger partial charge in [0.1, 0.15) is 0 Å². The van der Waals surface area contributed by atoms with Crippen LogP contribution < -0.4 is 10.6 Å². The number of amides is 2. The Hall–Kier alpha value is -2.15. The lowest BCUT2D eigenvalue weighted by molar-refractivity contribution is 0.175. The molecule has 0 saturated carbocycles. The van der Waals surface area contributed by atoms with Crippen molar-refractivity contribution < 1.29 is 9.90 Å². The van der Waals surface area contributed by atoms with E-state index in [9.17, 15) is 9.90 Å². The fourth-order valence-corrected chi connectivity index (χ4v) is 3.65. The minimum atomic E-state index is -0.695. The zero-order chi connectivity index (χ0) is 16.1. The summed E-state index contributed by atoms with van der Waals surface area (Å²) in [4.78, 5) is 13.2. The third kappa shape index (κ3) is 3.98. The number of benzene rings is 1. The van der Waals surface area contributed by atoms with Crippen LogP contribution in [-0.2, 0) is 0 Å². The van der Waals surface area contributed by atoms with Crippen LogP contribution in [-0.4, -0.2) is 17.7 Å². The van der Waals surface area contributed by atoms with Gasteiger partial charge in [-0.05, 0) is 39.9 Å². The number of aliphatic hydroxyl groups is 1. The predicted octanol–water partition coefficient (Wildman–Crippen LogP) is 4.33. The fourth-order valence-electron chi connectivity index (χ4n) is 2.18. The average Bonchev–Trinajstić information content (AvgIpc) is 3.26. The van der Waals surface area contributed by atoms with Gasteiger partial charge in [-0.3, -0.25) is 0 Å². The van der Waals surface area contributed by atoms with E-state index in [0.717, 1.165) is 21.7 Å². The summed E-state index contributed by atoms with van der Waals surface area (Å²) in [5, 5.41) is 21.3. The van der Waals surface area contributed by atoms with E-state index in [1.165, 1.54) is 11.3 Å². The maximum Gasteiger partial charge on any atom is 0.319 e. The van der Waals surface area contributed by atoms with Gasteiger partial charge in [0.2, 0.25) is 0 Å². The molecule has 1 aromatic carbocycles. The highest BCUT2D eigenvalue weighted by atomic mass is 32.1. The van der Waals surface area contributed by atoms with Gasteiger partial charge in [0.05, 0.1) is 11.8 Å². The third-order valence-corrected chi connectivity index (χ3v) is 4.95. The number of thiophene rings is 2. The van der Waals surface area contributed by atoms with E-state index in [2.05, 4.69) is 10.6 Å².